The highest BCUT2D eigenvalue weighted by molar-refractivity contribution is 6.10. The fraction of sp³-hybridized carbons (Fsp3) is 0.350. The largest absolute Gasteiger partial charge is 0.455 e. The highest BCUT2D eigenvalue weighted by atomic mass is 16.3. The molecule has 3 aromatic carbocycles. The van der Waals surface area contributed by atoms with Gasteiger partial charge in [-0.1, -0.05) is 65.8 Å². The first-order chi connectivity index (χ1) is 21.0. The summed E-state index contributed by atoms with van der Waals surface area (Å²) in [6.07, 6.45) is 2.24. The topological polar surface area (TPSA) is 55.7 Å². The summed E-state index contributed by atoms with van der Waals surface area (Å²) in [6.45, 7) is 23.8. The van der Waals surface area contributed by atoms with Gasteiger partial charge in [-0.3, -0.25) is 0 Å². The number of rotatable bonds is 3. The number of hydrogen-bond donors (Lipinski definition) is 0. The summed E-state index contributed by atoms with van der Waals surface area (Å²) in [5.74, 6) is 2.37. The molecular formula is C40H45N4O+. The Morgan fingerprint density at radius 2 is 1.22 bits per heavy atom. The molecule has 0 aliphatic rings. The molecule has 5 heteroatoms. The van der Waals surface area contributed by atoms with Gasteiger partial charge in [-0.15, -0.1) is 0 Å². The fourth-order valence-corrected chi connectivity index (χ4v) is 6.36. The summed E-state index contributed by atoms with van der Waals surface area (Å²) < 4.78 is 8.80. The number of aromatic nitrogens is 4. The van der Waals surface area contributed by atoms with E-state index in [-0.39, 0.29) is 10.8 Å². The van der Waals surface area contributed by atoms with Crippen molar-refractivity contribution in [2.24, 2.45) is 7.05 Å². The quantitative estimate of drug-likeness (QED) is 0.191. The zero-order valence-corrected chi connectivity index (χ0v) is 28.9. The highest BCUT2D eigenvalue weighted by Crippen LogP contribution is 2.40. The number of fused-ring (bicyclic) bond motifs is 3. The van der Waals surface area contributed by atoms with Crippen LogP contribution < -0.4 is 4.57 Å². The Morgan fingerprint density at radius 1 is 0.622 bits per heavy atom. The van der Waals surface area contributed by atoms with Crippen molar-refractivity contribution in [3.8, 4) is 33.8 Å². The third-order valence-electron chi connectivity index (χ3n) is 8.77. The van der Waals surface area contributed by atoms with Gasteiger partial charge >= 0.3 is 0 Å². The number of nitrogens with zero attached hydrogens (tertiary/aromatic N) is 4. The molecule has 0 aliphatic carbocycles. The zero-order chi connectivity index (χ0) is 32.6. The molecule has 6 aromatic rings. The number of aryl methyl sites for hydroxylation is 6. The van der Waals surface area contributed by atoms with Crippen molar-refractivity contribution in [1.29, 1.82) is 0 Å². The maximum Gasteiger partial charge on any atom is 0.216 e. The lowest BCUT2D eigenvalue weighted by atomic mass is 9.89. The van der Waals surface area contributed by atoms with Crippen LogP contribution >= 0.6 is 0 Å². The van der Waals surface area contributed by atoms with Gasteiger partial charge < -0.3 is 4.42 Å². The second kappa shape index (κ2) is 10.6. The molecule has 0 N–H and O–H groups in total. The average Bonchev–Trinajstić information content (AvgIpc) is 3.30. The van der Waals surface area contributed by atoms with Crippen molar-refractivity contribution in [2.45, 2.75) is 87.0 Å². The summed E-state index contributed by atoms with van der Waals surface area (Å²) in [5, 5.41) is 2.29. The van der Waals surface area contributed by atoms with E-state index in [1.54, 1.807) is 0 Å². The van der Waals surface area contributed by atoms with Crippen LogP contribution in [-0.4, -0.2) is 15.0 Å². The summed E-state index contributed by atoms with van der Waals surface area (Å²) in [7, 11) is 2.13. The van der Waals surface area contributed by atoms with Gasteiger partial charge in [-0.2, -0.15) is 0 Å². The average molecular weight is 598 g/mol. The first kappa shape index (κ1) is 30.6. The van der Waals surface area contributed by atoms with E-state index in [2.05, 4.69) is 143 Å². The molecule has 6 rings (SSSR count). The molecule has 0 radical (unpaired) electrons. The molecule has 5 nitrogen and oxygen atoms in total. The maximum absolute atomic E-state index is 6.58. The Hall–Kier alpha value is -4.38. The van der Waals surface area contributed by atoms with Crippen LogP contribution in [0.2, 0.25) is 0 Å². The number of benzene rings is 3. The third-order valence-corrected chi connectivity index (χ3v) is 8.77. The van der Waals surface area contributed by atoms with Crippen molar-refractivity contribution in [3.05, 3.63) is 94.2 Å². The number of pyridine rings is 1. The van der Waals surface area contributed by atoms with Gasteiger partial charge in [0.15, 0.2) is 12.0 Å². The minimum atomic E-state index is -0.186. The Morgan fingerprint density at radius 3 is 1.82 bits per heavy atom. The molecule has 0 aliphatic heterocycles. The summed E-state index contributed by atoms with van der Waals surface area (Å²) in [5.41, 5.74) is 13.2. The van der Waals surface area contributed by atoms with Crippen molar-refractivity contribution in [1.82, 2.24) is 15.0 Å². The van der Waals surface area contributed by atoms with Crippen LogP contribution in [0, 0.1) is 34.6 Å². The number of furan rings is 1. The van der Waals surface area contributed by atoms with E-state index in [4.69, 9.17) is 19.4 Å². The van der Waals surface area contributed by atoms with Crippen LogP contribution in [0.25, 0.3) is 55.7 Å². The molecule has 0 fully saturated rings. The van der Waals surface area contributed by atoms with Crippen LogP contribution in [0.5, 0.6) is 0 Å². The fourth-order valence-electron chi connectivity index (χ4n) is 6.36. The first-order valence-corrected chi connectivity index (χ1v) is 15.8. The lowest BCUT2D eigenvalue weighted by Gasteiger charge is -2.23. The van der Waals surface area contributed by atoms with E-state index in [9.17, 15) is 0 Å². The van der Waals surface area contributed by atoms with Crippen molar-refractivity contribution < 1.29 is 8.98 Å². The van der Waals surface area contributed by atoms with Gasteiger partial charge in [0, 0.05) is 38.8 Å². The van der Waals surface area contributed by atoms with E-state index >= 15 is 0 Å². The molecular weight excluding hydrogens is 552 g/mol. The van der Waals surface area contributed by atoms with Crippen LogP contribution in [0.15, 0.2) is 59.1 Å². The first-order valence-electron chi connectivity index (χ1n) is 15.8. The van der Waals surface area contributed by atoms with Gasteiger partial charge in [-0.05, 0) is 86.2 Å². The van der Waals surface area contributed by atoms with Gasteiger partial charge in [0.2, 0.25) is 5.69 Å². The molecule has 0 bridgehead atoms. The Balaban J connectivity index is 1.53. The molecule has 0 saturated carbocycles. The lowest BCUT2D eigenvalue weighted by molar-refractivity contribution is -0.660. The van der Waals surface area contributed by atoms with Gasteiger partial charge in [-0.25, -0.2) is 19.5 Å². The number of hydrogen-bond acceptors (Lipinski definition) is 4. The van der Waals surface area contributed by atoms with E-state index in [1.807, 2.05) is 0 Å². The Kier molecular flexibility index (Phi) is 7.23. The minimum absolute atomic E-state index is 0.186. The van der Waals surface area contributed by atoms with Crippen molar-refractivity contribution in [2.75, 3.05) is 0 Å². The monoisotopic (exact) mass is 597 g/mol. The summed E-state index contributed by atoms with van der Waals surface area (Å²) in [4.78, 5) is 14.8. The van der Waals surface area contributed by atoms with Crippen LogP contribution in [0.3, 0.4) is 0 Å². The van der Waals surface area contributed by atoms with Crippen molar-refractivity contribution in [3.63, 3.8) is 0 Å². The summed E-state index contributed by atoms with van der Waals surface area (Å²) in [6, 6.07) is 17.7. The Bertz CT molecular complexity index is 2080. The van der Waals surface area contributed by atoms with Crippen LogP contribution in [0.4, 0.5) is 0 Å². The van der Waals surface area contributed by atoms with Gasteiger partial charge in [0.1, 0.15) is 29.9 Å². The van der Waals surface area contributed by atoms with E-state index in [1.165, 1.54) is 38.9 Å². The predicted octanol–water partition coefficient (Wildman–Crippen LogP) is 9.73. The molecule has 0 unspecified atom stereocenters. The smallest absolute Gasteiger partial charge is 0.216 e. The Labute approximate surface area is 267 Å². The molecule has 230 valence electrons. The van der Waals surface area contributed by atoms with E-state index < -0.39 is 0 Å². The normalized spacial score (nSPS) is 12.4. The molecule has 45 heavy (non-hydrogen) atoms. The summed E-state index contributed by atoms with van der Waals surface area (Å²) >= 11 is 0. The minimum Gasteiger partial charge on any atom is -0.455 e. The van der Waals surface area contributed by atoms with Gasteiger partial charge in [0.05, 0.1) is 5.56 Å². The molecule has 3 heterocycles. The third kappa shape index (κ3) is 5.43. The molecule has 0 spiro atoms. The van der Waals surface area contributed by atoms with Crippen LogP contribution in [0.1, 0.15) is 81.0 Å². The van der Waals surface area contributed by atoms with E-state index in [0.29, 0.717) is 0 Å². The molecule has 3 aromatic heterocycles. The molecule has 0 amide bonds. The SMILES string of the molecule is Cc1ccc2c(c1)oc1c(-c3cc(-c4c(C)cc(-c5nc(C(C)(C)C)nc(C(C)(C)C)n5)cc4C)c(C)c[n+]3C)c(C)ccc12. The highest BCUT2D eigenvalue weighted by Gasteiger charge is 2.27. The predicted molar refractivity (Wildman–Crippen MR) is 186 cm³/mol. The van der Waals surface area contributed by atoms with Crippen LogP contribution in [-0.2, 0) is 17.9 Å². The second-order valence-electron chi connectivity index (χ2n) is 14.9. The van der Waals surface area contributed by atoms with E-state index in [0.717, 1.165) is 56.2 Å². The maximum atomic E-state index is 6.58. The van der Waals surface area contributed by atoms with Gasteiger partial charge in [0.25, 0.3) is 0 Å². The lowest BCUT2D eigenvalue weighted by Crippen LogP contribution is -2.31. The van der Waals surface area contributed by atoms with Crippen molar-refractivity contribution >= 4 is 21.9 Å². The molecule has 0 saturated heterocycles. The molecule has 0 atom stereocenters. The zero-order valence-electron chi connectivity index (χ0n) is 28.9. The second-order valence-corrected chi connectivity index (χ2v) is 14.9. The standard InChI is InChI=1S/C40H45N4O/c1-22-13-15-28-29-16-14-23(2)34(35(29)45-32(28)17-22)31-20-30(26(5)21-44(31)12)33-24(3)18-27(19-25(33)4)36-41-37(39(6,7)8)43-38(42-36)40(9,10)11/h13-21H,1-12H3/q+1.